The van der Waals surface area contributed by atoms with Crippen molar-refractivity contribution in [3.05, 3.63) is 35.9 Å². The molecule has 0 radical (unpaired) electrons. The summed E-state index contributed by atoms with van der Waals surface area (Å²) in [6.07, 6.45) is 2.59. The first-order chi connectivity index (χ1) is 10.7. The molecule has 2 N–H and O–H groups in total. The van der Waals surface area contributed by atoms with Crippen LogP contribution >= 0.6 is 0 Å². The van der Waals surface area contributed by atoms with Crippen LogP contribution in [0.2, 0.25) is 0 Å². The van der Waals surface area contributed by atoms with Gasteiger partial charge in [0.15, 0.2) is 0 Å². The average molecular weight is 304 g/mol. The van der Waals surface area contributed by atoms with Gasteiger partial charge in [0.2, 0.25) is 5.91 Å². The number of hydrogen-bond acceptors (Lipinski definition) is 4. The summed E-state index contributed by atoms with van der Waals surface area (Å²) in [4.78, 5) is 14.4. The van der Waals surface area contributed by atoms with Gasteiger partial charge >= 0.3 is 0 Å². The van der Waals surface area contributed by atoms with Gasteiger partial charge < -0.3 is 20.1 Å². The molecule has 5 nitrogen and oxygen atoms in total. The summed E-state index contributed by atoms with van der Waals surface area (Å²) in [5.74, 6) is 0.0997. The van der Waals surface area contributed by atoms with Gasteiger partial charge in [-0.05, 0) is 18.4 Å². The van der Waals surface area contributed by atoms with Crippen LogP contribution in [0.1, 0.15) is 30.9 Å². The Bertz CT molecular complexity index is 488. The summed E-state index contributed by atoms with van der Waals surface area (Å²) in [7, 11) is 0. The van der Waals surface area contributed by atoms with Crippen molar-refractivity contribution in [3.63, 3.8) is 0 Å². The molecule has 0 aliphatic carbocycles. The van der Waals surface area contributed by atoms with Gasteiger partial charge in [0, 0.05) is 32.2 Å². The highest BCUT2D eigenvalue weighted by Crippen LogP contribution is 2.22. The number of nitrogens with two attached hydrogens (primary N) is 1. The predicted octanol–water partition coefficient (Wildman–Crippen LogP) is 1.48. The second-order valence-electron chi connectivity index (χ2n) is 6.02. The zero-order chi connectivity index (χ0) is 15.4. The van der Waals surface area contributed by atoms with Crippen LogP contribution in [0.3, 0.4) is 0 Å². The standard InChI is InChI=1S/C17H24N2O3/c18-14(13-5-2-1-3-6-13)11-17(20)19-8-10-22-16(12-19)15-7-4-9-21-15/h1-3,5-6,14-16H,4,7-12,18H2/t14-,15+,16-/m1/s1. The fraction of sp³-hybridized carbons (Fsp3) is 0.588. The molecule has 1 aromatic rings. The Kier molecular flexibility index (Phi) is 5.08. The van der Waals surface area contributed by atoms with Gasteiger partial charge in [-0.1, -0.05) is 30.3 Å². The number of carbonyl (C=O) groups is 1. The van der Waals surface area contributed by atoms with E-state index in [-0.39, 0.29) is 24.2 Å². The zero-order valence-electron chi connectivity index (χ0n) is 12.8. The Morgan fingerprint density at radius 1 is 1.23 bits per heavy atom. The number of carbonyl (C=O) groups excluding carboxylic acids is 1. The highest BCUT2D eigenvalue weighted by molar-refractivity contribution is 5.77. The highest BCUT2D eigenvalue weighted by Gasteiger charge is 2.33. The lowest BCUT2D eigenvalue weighted by atomic mass is 10.0. The van der Waals surface area contributed by atoms with Crippen LogP contribution in [0.25, 0.3) is 0 Å². The molecule has 120 valence electrons. The lowest BCUT2D eigenvalue weighted by Gasteiger charge is -2.35. The van der Waals surface area contributed by atoms with Gasteiger partial charge in [-0.25, -0.2) is 0 Å². The molecule has 0 bridgehead atoms. The fourth-order valence-electron chi connectivity index (χ4n) is 3.16. The zero-order valence-corrected chi connectivity index (χ0v) is 12.8. The van der Waals surface area contributed by atoms with Crippen LogP contribution < -0.4 is 5.73 Å². The summed E-state index contributed by atoms with van der Waals surface area (Å²) >= 11 is 0. The van der Waals surface area contributed by atoms with Crippen LogP contribution in [-0.2, 0) is 14.3 Å². The molecular weight excluding hydrogens is 280 g/mol. The third-order valence-corrected chi connectivity index (χ3v) is 4.45. The molecule has 2 heterocycles. The number of rotatable bonds is 4. The third-order valence-electron chi connectivity index (χ3n) is 4.45. The van der Waals surface area contributed by atoms with Crippen LogP contribution in [0.15, 0.2) is 30.3 Å². The smallest absolute Gasteiger partial charge is 0.224 e. The van der Waals surface area contributed by atoms with Crippen LogP contribution in [0.5, 0.6) is 0 Å². The Labute approximate surface area is 131 Å². The van der Waals surface area contributed by atoms with Gasteiger partial charge in [-0.15, -0.1) is 0 Å². The molecule has 0 spiro atoms. The van der Waals surface area contributed by atoms with Crippen molar-refractivity contribution in [2.24, 2.45) is 5.73 Å². The van der Waals surface area contributed by atoms with Crippen molar-refractivity contribution >= 4 is 5.91 Å². The van der Waals surface area contributed by atoms with E-state index in [1.807, 2.05) is 35.2 Å². The first-order valence-corrected chi connectivity index (χ1v) is 8.05. The minimum absolute atomic E-state index is 0.00755. The average Bonchev–Trinajstić information content (AvgIpc) is 3.10. The maximum Gasteiger partial charge on any atom is 0.224 e. The minimum atomic E-state index is -0.252. The topological polar surface area (TPSA) is 64.8 Å². The molecule has 2 aliphatic rings. The van der Waals surface area contributed by atoms with Gasteiger partial charge in [0.25, 0.3) is 0 Å². The monoisotopic (exact) mass is 304 g/mol. The van der Waals surface area contributed by atoms with Gasteiger partial charge in [-0.3, -0.25) is 4.79 Å². The molecule has 0 aromatic heterocycles. The van der Waals surface area contributed by atoms with E-state index < -0.39 is 0 Å². The number of morpholine rings is 1. The molecule has 0 saturated carbocycles. The van der Waals surface area contributed by atoms with Gasteiger partial charge in [-0.2, -0.15) is 0 Å². The SMILES string of the molecule is N[C@H](CC(=O)N1CCO[C@@H]([C@@H]2CCCO2)C1)c1ccccc1. The Morgan fingerprint density at radius 3 is 2.73 bits per heavy atom. The summed E-state index contributed by atoms with van der Waals surface area (Å²) in [6.45, 7) is 2.64. The molecule has 0 unspecified atom stereocenters. The van der Waals surface area contributed by atoms with E-state index >= 15 is 0 Å². The van der Waals surface area contributed by atoms with Crippen LogP contribution in [-0.4, -0.2) is 49.3 Å². The second kappa shape index (κ2) is 7.22. The first kappa shape index (κ1) is 15.5. The Morgan fingerprint density at radius 2 is 2.00 bits per heavy atom. The lowest BCUT2D eigenvalue weighted by Crippen LogP contribution is -2.50. The number of benzene rings is 1. The number of amides is 1. The van der Waals surface area contributed by atoms with Crippen molar-refractivity contribution < 1.29 is 14.3 Å². The molecule has 1 amide bonds. The maximum atomic E-state index is 12.5. The number of ether oxygens (including phenoxy) is 2. The predicted molar refractivity (Wildman–Crippen MR) is 83.3 cm³/mol. The third kappa shape index (κ3) is 3.66. The first-order valence-electron chi connectivity index (χ1n) is 8.05. The molecule has 22 heavy (non-hydrogen) atoms. The minimum Gasteiger partial charge on any atom is -0.375 e. The fourth-order valence-corrected chi connectivity index (χ4v) is 3.16. The second-order valence-corrected chi connectivity index (χ2v) is 6.02. The van der Waals surface area contributed by atoms with E-state index in [1.165, 1.54) is 0 Å². The Hall–Kier alpha value is -1.43. The van der Waals surface area contributed by atoms with Crippen molar-refractivity contribution in [1.82, 2.24) is 4.90 Å². The molecule has 5 heteroatoms. The van der Waals surface area contributed by atoms with Crippen LogP contribution in [0.4, 0.5) is 0 Å². The molecule has 3 rings (SSSR count). The van der Waals surface area contributed by atoms with E-state index in [2.05, 4.69) is 0 Å². The van der Waals surface area contributed by atoms with Gasteiger partial charge in [0.05, 0.1) is 12.7 Å². The van der Waals surface area contributed by atoms with E-state index in [0.717, 1.165) is 25.0 Å². The lowest BCUT2D eigenvalue weighted by molar-refractivity contribution is -0.145. The largest absolute Gasteiger partial charge is 0.375 e. The number of hydrogen-bond donors (Lipinski definition) is 1. The summed E-state index contributed by atoms with van der Waals surface area (Å²) in [5, 5.41) is 0. The van der Waals surface area contributed by atoms with Crippen molar-refractivity contribution in [2.75, 3.05) is 26.3 Å². The van der Waals surface area contributed by atoms with E-state index in [4.69, 9.17) is 15.2 Å². The van der Waals surface area contributed by atoms with Crippen molar-refractivity contribution in [2.45, 2.75) is 37.5 Å². The van der Waals surface area contributed by atoms with Crippen molar-refractivity contribution in [1.29, 1.82) is 0 Å². The van der Waals surface area contributed by atoms with Gasteiger partial charge in [0.1, 0.15) is 6.10 Å². The maximum absolute atomic E-state index is 12.5. The summed E-state index contributed by atoms with van der Waals surface area (Å²) in [5.41, 5.74) is 7.16. The molecular formula is C17H24N2O3. The van der Waals surface area contributed by atoms with E-state index in [9.17, 15) is 4.79 Å². The molecule has 3 atom stereocenters. The quantitative estimate of drug-likeness (QED) is 0.915. The number of nitrogens with zero attached hydrogens (tertiary/aromatic N) is 1. The van der Waals surface area contributed by atoms with E-state index in [1.54, 1.807) is 0 Å². The molecule has 2 aliphatic heterocycles. The van der Waals surface area contributed by atoms with E-state index in [0.29, 0.717) is 26.1 Å². The molecule has 2 saturated heterocycles. The Balaban J connectivity index is 1.55. The highest BCUT2D eigenvalue weighted by atomic mass is 16.5. The van der Waals surface area contributed by atoms with Crippen LogP contribution in [0, 0.1) is 0 Å². The summed E-state index contributed by atoms with van der Waals surface area (Å²) in [6, 6.07) is 9.52. The summed E-state index contributed by atoms with van der Waals surface area (Å²) < 4.78 is 11.5. The molecule has 1 aromatic carbocycles. The molecule has 2 fully saturated rings. The van der Waals surface area contributed by atoms with Crippen molar-refractivity contribution in [3.8, 4) is 0 Å². The normalized spacial score (nSPS) is 26.9.